The molecule has 47 heavy (non-hydrogen) atoms. The van der Waals surface area contributed by atoms with Crippen LogP contribution in [0, 0.1) is 11.3 Å². The number of rotatable bonds is 10. The number of hydrogen-bond acceptors (Lipinski definition) is 8. The fraction of sp³-hybridized carbons (Fsp3) is 0.514. The van der Waals surface area contributed by atoms with E-state index in [0.717, 1.165) is 54.4 Å². The maximum atomic E-state index is 13.6. The number of tetrazole rings is 1. The number of aromatic amines is 1. The van der Waals surface area contributed by atoms with Gasteiger partial charge >= 0.3 is 0 Å². The number of carbonyl (C=O) groups is 3. The van der Waals surface area contributed by atoms with Gasteiger partial charge in [-0.25, -0.2) is 5.10 Å². The average molecular weight is 638 g/mol. The molecule has 0 saturated heterocycles. The van der Waals surface area contributed by atoms with Crippen molar-refractivity contribution in [3.63, 3.8) is 0 Å². The normalized spacial score (nSPS) is 18.0. The Kier molecular flexibility index (Phi) is 8.61. The summed E-state index contributed by atoms with van der Waals surface area (Å²) < 4.78 is 0. The summed E-state index contributed by atoms with van der Waals surface area (Å²) >= 11 is 0. The van der Waals surface area contributed by atoms with E-state index in [4.69, 9.17) is 0 Å². The molecule has 1 unspecified atom stereocenters. The van der Waals surface area contributed by atoms with Gasteiger partial charge in [-0.1, -0.05) is 12.1 Å². The Labute approximate surface area is 275 Å². The minimum atomic E-state index is -0.878. The van der Waals surface area contributed by atoms with E-state index < -0.39 is 17.0 Å². The summed E-state index contributed by atoms with van der Waals surface area (Å²) in [6.45, 7) is 1.91. The number of nitrogens with one attached hydrogen (secondary N) is 2. The molecule has 3 aromatic rings. The average Bonchev–Trinajstić information content (AvgIpc) is 3.75. The van der Waals surface area contributed by atoms with Crippen molar-refractivity contribution in [3.8, 4) is 6.07 Å². The summed E-state index contributed by atoms with van der Waals surface area (Å²) in [6.07, 6.45) is 6.40. The quantitative estimate of drug-likeness (QED) is 0.345. The number of hydrogen-bond donors (Lipinski definition) is 2. The summed E-state index contributed by atoms with van der Waals surface area (Å²) in [5.41, 5.74) is 3.91. The Morgan fingerprint density at radius 3 is 1.98 bits per heavy atom. The maximum Gasteiger partial charge on any atom is 0.253 e. The first-order valence-electron chi connectivity index (χ1n) is 16.4. The minimum absolute atomic E-state index is 0.0662. The van der Waals surface area contributed by atoms with Gasteiger partial charge < -0.3 is 20.0 Å². The highest BCUT2D eigenvalue weighted by Crippen LogP contribution is 2.52. The van der Waals surface area contributed by atoms with Crippen molar-refractivity contribution < 1.29 is 14.4 Å². The number of fused-ring (bicyclic) bond motifs is 2. The molecule has 3 aliphatic carbocycles. The number of aromatic nitrogens is 4. The van der Waals surface area contributed by atoms with Gasteiger partial charge in [0.15, 0.2) is 5.82 Å². The van der Waals surface area contributed by atoms with E-state index >= 15 is 0 Å². The third-order valence-electron chi connectivity index (χ3n) is 10.2. The van der Waals surface area contributed by atoms with E-state index in [2.05, 4.69) is 32.0 Å². The summed E-state index contributed by atoms with van der Waals surface area (Å²) in [7, 11) is 6.97. The van der Waals surface area contributed by atoms with Gasteiger partial charge in [0, 0.05) is 50.9 Å². The molecule has 246 valence electrons. The molecule has 2 N–H and O–H groups in total. The zero-order valence-corrected chi connectivity index (χ0v) is 27.8. The van der Waals surface area contributed by atoms with Gasteiger partial charge in [-0.15, -0.1) is 5.10 Å². The van der Waals surface area contributed by atoms with E-state index in [9.17, 15) is 19.6 Å². The zero-order chi connectivity index (χ0) is 33.5. The van der Waals surface area contributed by atoms with Gasteiger partial charge in [-0.05, 0) is 115 Å². The van der Waals surface area contributed by atoms with Crippen molar-refractivity contribution in [3.05, 3.63) is 75.6 Å². The molecule has 0 spiro atoms. The summed E-state index contributed by atoms with van der Waals surface area (Å²) in [5, 5.41) is 29.0. The molecular formula is C35H43N9O3. The van der Waals surface area contributed by atoms with Crippen LogP contribution in [0.25, 0.3) is 0 Å². The molecule has 12 nitrogen and oxygen atoms in total. The predicted molar refractivity (Wildman–Crippen MR) is 175 cm³/mol. The van der Waals surface area contributed by atoms with E-state index in [1.807, 2.05) is 36.4 Å². The Morgan fingerprint density at radius 1 is 0.979 bits per heavy atom. The Bertz CT molecular complexity index is 1650. The van der Waals surface area contributed by atoms with Crippen molar-refractivity contribution in [2.75, 3.05) is 34.7 Å². The standard InChI is InChI=1S/C35H43N9O3/c1-22(19-36)44(27-11-12-27)30(45)20-37-34(15-6-16-34)21-35(33-38-40-41-39-33)28-13-9-25(31(46)42(2)3)17-23(28)7-8-24-18-26(10-14-29(24)35)32(47)43(4)5/h9-10,13-14,17-18,22,27,37H,6-8,11-12,15-16,20-21H2,1-5H3,(H,38,39,40,41). The maximum absolute atomic E-state index is 13.6. The lowest BCUT2D eigenvalue weighted by atomic mass is 9.60. The predicted octanol–water partition coefficient (Wildman–Crippen LogP) is 2.84. The first-order chi connectivity index (χ1) is 22.5. The number of H-pyrrole nitrogens is 1. The van der Waals surface area contributed by atoms with Gasteiger partial charge in [-0.2, -0.15) is 5.26 Å². The number of nitrogens with zero attached hydrogens (tertiary/aromatic N) is 7. The highest BCUT2D eigenvalue weighted by atomic mass is 16.2. The van der Waals surface area contributed by atoms with E-state index in [0.29, 0.717) is 36.2 Å². The van der Waals surface area contributed by atoms with E-state index in [1.54, 1.807) is 49.8 Å². The lowest BCUT2D eigenvalue weighted by molar-refractivity contribution is -0.132. The van der Waals surface area contributed by atoms with Gasteiger partial charge in [-0.3, -0.25) is 14.4 Å². The van der Waals surface area contributed by atoms with Crippen molar-refractivity contribution >= 4 is 17.7 Å². The van der Waals surface area contributed by atoms with Gasteiger partial charge in [0.2, 0.25) is 5.91 Å². The molecule has 2 saturated carbocycles. The van der Waals surface area contributed by atoms with Crippen LogP contribution < -0.4 is 5.32 Å². The number of amides is 3. The first-order valence-corrected chi connectivity index (χ1v) is 16.4. The molecule has 1 heterocycles. The third-order valence-corrected chi connectivity index (χ3v) is 10.2. The highest BCUT2D eigenvalue weighted by Gasteiger charge is 2.52. The lowest BCUT2D eigenvalue weighted by Gasteiger charge is -2.49. The molecule has 0 aliphatic heterocycles. The summed E-state index contributed by atoms with van der Waals surface area (Å²) in [6, 6.07) is 13.7. The van der Waals surface area contributed by atoms with E-state index in [-0.39, 0.29) is 30.3 Å². The van der Waals surface area contributed by atoms with Gasteiger partial charge in [0.05, 0.1) is 18.0 Å². The van der Waals surface area contributed by atoms with Crippen molar-refractivity contribution in [2.45, 2.75) is 81.3 Å². The number of nitriles is 1. The molecule has 3 aliphatic rings. The van der Waals surface area contributed by atoms with Crippen LogP contribution in [-0.4, -0.2) is 105 Å². The molecule has 12 heteroatoms. The van der Waals surface area contributed by atoms with Crippen LogP contribution >= 0.6 is 0 Å². The largest absolute Gasteiger partial charge is 0.345 e. The fourth-order valence-electron chi connectivity index (χ4n) is 7.53. The lowest BCUT2D eigenvalue weighted by Crippen LogP contribution is -2.58. The molecule has 0 radical (unpaired) electrons. The molecule has 2 aromatic carbocycles. The fourth-order valence-corrected chi connectivity index (χ4v) is 7.53. The Morgan fingerprint density at radius 2 is 1.55 bits per heavy atom. The van der Waals surface area contributed by atoms with Crippen LogP contribution in [0.15, 0.2) is 36.4 Å². The van der Waals surface area contributed by atoms with E-state index in [1.165, 1.54) is 0 Å². The van der Waals surface area contributed by atoms with Gasteiger partial charge in [0.25, 0.3) is 11.8 Å². The van der Waals surface area contributed by atoms with Crippen molar-refractivity contribution in [1.29, 1.82) is 5.26 Å². The molecule has 1 atom stereocenters. The molecule has 3 amide bonds. The summed E-state index contributed by atoms with van der Waals surface area (Å²) in [4.78, 5) is 44.7. The summed E-state index contributed by atoms with van der Waals surface area (Å²) in [5.74, 6) is 0.339. The number of aryl methyl sites for hydroxylation is 2. The molecule has 0 bridgehead atoms. The minimum Gasteiger partial charge on any atom is -0.345 e. The number of carbonyl (C=O) groups excluding carboxylic acids is 3. The van der Waals surface area contributed by atoms with Crippen LogP contribution in [0.2, 0.25) is 0 Å². The molecule has 2 fully saturated rings. The monoisotopic (exact) mass is 637 g/mol. The van der Waals surface area contributed by atoms with Gasteiger partial charge in [0.1, 0.15) is 6.04 Å². The van der Waals surface area contributed by atoms with Crippen LogP contribution in [-0.2, 0) is 23.1 Å². The van der Waals surface area contributed by atoms with Crippen molar-refractivity contribution in [2.24, 2.45) is 0 Å². The zero-order valence-electron chi connectivity index (χ0n) is 27.8. The SMILES string of the molecule is CC(C#N)N(C(=O)CNC1(CC2(c3nnn[nH]3)c3ccc(C(=O)N(C)C)cc3CCc3cc(C(=O)N(C)C)ccc32)CCC1)C1CC1. The highest BCUT2D eigenvalue weighted by molar-refractivity contribution is 5.95. The first kappa shape index (κ1) is 32.3. The third kappa shape index (κ3) is 5.89. The molecule has 6 rings (SSSR count). The Balaban J connectivity index is 1.48. The molecule has 1 aromatic heterocycles. The second kappa shape index (κ2) is 12.5. The van der Waals surface area contributed by atoms with Crippen LogP contribution in [0.5, 0.6) is 0 Å². The van der Waals surface area contributed by atoms with Crippen LogP contribution in [0.1, 0.15) is 94.2 Å². The molecular weight excluding hydrogens is 594 g/mol. The Hall–Kier alpha value is -4.63. The second-order valence-corrected chi connectivity index (χ2v) is 13.8. The topological polar surface area (TPSA) is 151 Å². The van der Waals surface area contributed by atoms with Crippen LogP contribution in [0.4, 0.5) is 0 Å². The second-order valence-electron chi connectivity index (χ2n) is 13.8. The van der Waals surface area contributed by atoms with Crippen LogP contribution in [0.3, 0.4) is 0 Å². The van der Waals surface area contributed by atoms with Crippen molar-refractivity contribution in [1.82, 2.24) is 40.6 Å². The smallest absolute Gasteiger partial charge is 0.253 e. The number of benzene rings is 2.